The van der Waals surface area contributed by atoms with Crippen LogP contribution in [0.15, 0.2) is 42.6 Å². The lowest BCUT2D eigenvalue weighted by Gasteiger charge is -2.02. The maximum atomic E-state index is 11.8. The molecule has 0 unspecified atom stereocenters. The summed E-state index contributed by atoms with van der Waals surface area (Å²) in [6, 6.07) is 11.2. The first kappa shape index (κ1) is 12.0. The first-order valence-electron chi connectivity index (χ1n) is 6.71. The fourth-order valence-electron chi connectivity index (χ4n) is 2.83. The fourth-order valence-corrected chi connectivity index (χ4v) is 2.83. The summed E-state index contributed by atoms with van der Waals surface area (Å²) in [6.07, 6.45) is 2.46. The van der Waals surface area contributed by atoms with Crippen molar-refractivity contribution in [3.8, 4) is 17.0 Å². The second kappa shape index (κ2) is 4.34. The predicted octanol–water partition coefficient (Wildman–Crippen LogP) is 2.63. The van der Waals surface area contributed by atoms with Crippen molar-refractivity contribution >= 4 is 11.5 Å². The molecule has 5 nitrogen and oxygen atoms in total. The van der Waals surface area contributed by atoms with E-state index in [0.29, 0.717) is 24.2 Å². The van der Waals surface area contributed by atoms with Crippen molar-refractivity contribution in [2.24, 2.45) is 0 Å². The number of aromatic carboxylic acids is 1. The number of carbonyl (C=O) groups is 1. The highest BCUT2D eigenvalue weighted by molar-refractivity contribution is 6.03. The van der Waals surface area contributed by atoms with Gasteiger partial charge in [0.15, 0.2) is 0 Å². The van der Waals surface area contributed by atoms with E-state index in [4.69, 9.17) is 4.74 Å². The molecule has 5 heteroatoms. The highest BCUT2D eigenvalue weighted by Gasteiger charge is 2.26. The van der Waals surface area contributed by atoms with Crippen LogP contribution in [0.25, 0.3) is 16.8 Å². The Morgan fingerprint density at radius 3 is 2.81 bits per heavy atom. The summed E-state index contributed by atoms with van der Waals surface area (Å²) in [5, 5.41) is 14.1. The number of hydrogen-bond acceptors (Lipinski definition) is 3. The summed E-state index contributed by atoms with van der Waals surface area (Å²) < 4.78 is 7.16. The second-order valence-electron chi connectivity index (χ2n) is 4.94. The first-order valence-corrected chi connectivity index (χ1v) is 6.71. The van der Waals surface area contributed by atoms with Gasteiger partial charge < -0.3 is 9.84 Å². The molecule has 4 rings (SSSR count). The lowest BCUT2D eigenvalue weighted by atomic mass is 10.0. The molecular formula is C16H12N2O3. The number of fused-ring (bicyclic) bond motifs is 3. The average molecular weight is 280 g/mol. The topological polar surface area (TPSA) is 63.8 Å². The Kier molecular flexibility index (Phi) is 2.47. The Morgan fingerprint density at radius 1 is 1.24 bits per heavy atom. The molecule has 3 aromatic rings. The molecule has 1 aliphatic rings. The van der Waals surface area contributed by atoms with Gasteiger partial charge in [0.25, 0.3) is 0 Å². The van der Waals surface area contributed by atoms with E-state index in [-0.39, 0.29) is 5.56 Å². The number of hydrogen-bond donors (Lipinski definition) is 1. The maximum Gasteiger partial charge on any atom is 0.340 e. The van der Waals surface area contributed by atoms with Gasteiger partial charge in [-0.3, -0.25) is 0 Å². The van der Waals surface area contributed by atoms with Gasteiger partial charge in [0.2, 0.25) is 0 Å². The zero-order valence-electron chi connectivity index (χ0n) is 11.1. The smallest absolute Gasteiger partial charge is 0.340 e. The van der Waals surface area contributed by atoms with Gasteiger partial charge in [-0.2, -0.15) is 5.10 Å². The third kappa shape index (κ3) is 1.71. The van der Waals surface area contributed by atoms with E-state index < -0.39 is 5.97 Å². The molecule has 3 heterocycles. The van der Waals surface area contributed by atoms with Gasteiger partial charge in [-0.15, -0.1) is 0 Å². The maximum absolute atomic E-state index is 11.8. The van der Waals surface area contributed by atoms with Crippen LogP contribution in [0.3, 0.4) is 0 Å². The highest BCUT2D eigenvalue weighted by Crippen LogP contribution is 2.34. The normalized spacial score (nSPS) is 13.1. The van der Waals surface area contributed by atoms with Gasteiger partial charge in [0.05, 0.1) is 12.1 Å². The van der Waals surface area contributed by atoms with Crippen molar-refractivity contribution in [3.63, 3.8) is 0 Å². The Labute approximate surface area is 120 Å². The van der Waals surface area contributed by atoms with Crippen LogP contribution in [0.2, 0.25) is 0 Å². The quantitative estimate of drug-likeness (QED) is 0.783. The molecule has 1 aromatic carbocycles. The van der Waals surface area contributed by atoms with Crippen LogP contribution in [0.1, 0.15) is 15.9 Å². The van der Waals surface area contributed by atoms with Crippen LogP contribution < -0.4 is 4.74 Å². The van der Waals surface area contributed by atoms with Crippen molar-refractivity contribution in [1.29, 1.82) is 0 Å². The molecule has 2 aromatic heterocycles. The summed E-state index contributed by atoms with van der Waals surface area (Å²) in [7, 11) is 0. The minimum atomic E-state index is -0.968. The molecule has 0 spiro atoms. The number of pyridine rings is 1. The van der Waals surface area contributed by atoms with E-state index in [9.17, 15) is 9.90 Å². The van der Waals surface area contributed by atoms with Crippen molar-refractivity contribution < 1.29 is 14.6 Å². The van der Waals surface area contributed by atoms with E-state index >= 15 is 0 Å². The fraction of sp³-hybridized carbons (Fsp3) is 0.125. The third-order valence-electron chi connectivity index (χ3n) is 3.73. The summed E-state index contributed by atoms with van der Waals surface area (Å²) in [4.78, 5) is 11.8. The number of nitrogens with zero attached hydrogens (tertiary/aromatic N) is 2. The van der Waals surface area contributed by atoms with E-state index in [0.717, 1.165) is 16.9 Å². The van der Waals surface area contributed by atoms with Crippen molar-refractivity contribution in [2.45, 2.75) is 6.42 Å². The van der Waals surface area contributed by atoms with Crippen LogP contribution in [0.5, 0.6) is 5.75 Å². The highest BCUT2D eigenvalue weighted by atomic mass is 16.5. The summed E-state index contributed by atoms with van der Waals surface area (Å²) in [5.41, 5.74) is 3.08. The number of benzene rings is 1. The monoisotopic (exact) mass is 280 g/mol. The average Bonchev–Trinajstić information content (AvgIpc) is 3.11. The molecule has 0 aliphatic carbocycles. The van der Waals surface area contributed by atoms with Gasteiger partial charge in [-0.1, -0.05) is 30.3 Å². The third-order valence-corrected chi connectivity index (χ3v) is 3.73. The van der Waals surface area contributed by atoms with Gasteiger partial charge in [0.1, 0.15) is 17.0 Å². The van der Waals surface area contributed by atoms with Gasteiger partial charge in [-0.05, 0) is 6.07 Å². The van der Waals surface area contributed by atoms with Gasteiger partial charge in [-0.25, -0.2) is 9.31 Å². The van der Waals surface area contributed by atoms with Crippen LogP contribution in [-0.4, -0.2) is 27.3 Å². The Balaban J connectivity index is 2.09. The van der Waals surface area contributed by atoms with Crippen molar-refractivity contribution in [3.05, 3.63) is 53.7 Å². The van der Waals surface area contributed by atoms with Crippen LogP contribution in [0, 0.1) is 0 Å². The number of aromatic nitrogens is 2. The molecule has 104 valence electrons. The molecule has 0 radical (unpaired) electrons. The zero-order chi connectivity index (χ0) is 14.4. The number of carboxylic acids is 1. The van der Waals surface area contributed by atoms with Crippen LogP contribution in [-0.2, 0) is 6.42 Å². The number of ether oxygens (including phenoxy) is 1. The molecular weight excluding hydrogens is 268 g/mol. The molecule has 0 fully saturated rings. The Bertz CT molecular complexity index is 853. The Morgan fingerprint density at radius 2 is 2.05 bits per heavy atom. The molecule has 1 aliphatic heterocycles. The van der Waals surface area contributed by atoms with Crippen molar-refractivity contribution in [2.75, 3.05) is 6.61 Å². The van der Waals surface area contributed by atoms with Gasteiger partial charge in [0, 0.05) is 23.7 Å². The minimum absolute atomic E-state index is 0.239. The standard InChI is InChI=1S/C16H12N2O3/c19-16(20)13-14(10-4-2-1-3-5-10)17-18-8-6-12-11(15(13)18)7-9-21-12/h1-6,8H,7,9H2,(H,19,20). The van der Waals surface area contributed by atoms with Gasteiger partial charge >= 0.3 is 5.97 Å². The molecule has 0 bridgehead atoms. The largest absolute Gasteiger partial charge is 0.493 e. The lowest BCUT2D eigenvalue weighted by molar-refractivity contribution is 0.0700. The SMILES string of the molecule is O=C(O)c1c(-c2ccccc2)nn2ccc3c(c12)CCO3. The molecule has 0 atom stereocenters. The molecule has 0 saturated heterocycles. The zero-order valence-corrected chi connectivity index (χ0v) is 11.1. The molecule has 0 amide bonds. The first-order chi connectivity index (χ1) is 10.3. The van der Waals surface area contributed by atoms with E-state index in [1.54, 1.807) is 10.7 Å². The summed E-state index contributed by atoms with van der Waals surface area (Å²) >= 11 is 0. The minimum Gasteiger partial charge on any atom is -0.493 e. The van der Waals surface area contributed by atoms with E-state index in [2.05, 4.69) is 5.10 Å². The predicted molar refractivity (Wildman–Crippen MR) is 76.8 cm³/mol. The molecule has 0 saturated carbocycles. The second-order valence-corrected chi connectivity index (χ2v) is 4.94. The summed E-state index contributed by atoms with van der Waals surface area (Å²) in [5.74, 6) is -0.214. The Hall–Kier alpha value is -2.82. The number of rotatable bonds is 2. The van der Waals surface area contributed by atoms with Crippen LogP contribution in [0.4, 0.5) is 0 Å². The van der Waals surface area contributed by atoms with E-state index in [1.807, 2.05) is 36.4 Å². The molecule has 1 N–H and O–H groups in total. The van der Waals surface area contributed by atoms with E-state index in [1.165, 1.54) is 0 Å². The lowest BCUT2D eigenvalue weighted by Crippen LogP contribution is -1.99. The van der Waals surface area contributed by atoms with Crippen molar-refractivity contribution in [1.82, 2.24) is 9.61 Å². The van der Waals surface area contributed by atoms with Crippen LogP contribution >= 0.6 is 0 Å². The summed E-state index contributed by atoms with van der Waals surface area (Å²) in [6.45, 7) is 0.583. The molecule has 21 heavy (non-hydrogen) atoms. The number of carboxylic acid groups (broad SMARTS) is 1.